The third-order valence-electron chi connectivity index (χ3n) is 2.41. The molecule has 1 saturated heterocycles. The number of nitrogens with one attached hydrogen (secondary N) is 1. The van der Waals surface area contributed by atoms with E-state index in [9.17, 15) is 4.39 Å². The van der Waals surface area contributed by atoms with Crippen molar-refractivity contribution in [3.63, 3.8) is 0 Å². The second-order valence-corrected chi connectivity index (χ2v) is 3.65. The number of halogens is 1. The SMILES string of the molecule is [2H]c1c([2H])c([2H])n2c([2H])c(C([2H])([2H])[C@]3([2H])C([2H])CCCN3[2H])nc2c1F. The van der Waals surface area contributed by atoms with Gasteiger partial charge in [-0.3, -0.25) is 0 Å². The van der Waals surface area contributed by atoms with Crippen LogP contribution in [0, 0.1) is 5.82 Å². The Balaban J connectivity index is 2.29. The molecule has 17 heavy (non-hydrogen) atoms. The zero-order valence-corrected chi connectivity index (χ0v) is 8.92. The minimum atomic E-state index is -2.80. The zero-order chi connectivity index (χ0) is 19.6. The average Bonchev–Trinajstić information content (AvgIpc) is 2.93. The summed E-state index contributed by atoms with van der Waals surface area (Å²) in [5.41, 5.74) is -1.35. The molecule has 2 aromatic rings. The van der Waals surface area contributed by atoms with Crippen molar-refractivity contribution in [2.45, 2.75) is 31.6 Å². The molecule has 1 aliphatic rings. The van der Waals surface area contributed by atoms with Crippen molar-refractivity contribution >= 4 is 5.65 Å². The first kappa shape index (κ1) is 4.69. The predicted octanol–water partition coefficient (Wildman–Crippen LogP) is 2.16. The van der Waals surface area contributed by atoms with E-state index < -0.39 is 60.4 Å². The monoisotopic (exact) mass is 242 g/mol. The number of piperidine rings is 1. The van der Waals surface area contributed by atoms with Gasteiger partial charge < -0.3 is 9.71 Å². The van der Waals surface area contributed by atoms with E-state index in [1.807, 2.05) is 0 Å². The first-order valence-corrected chi connectivity index (χ1v) is 5.29. The summed E-state index contributed by atoms with van der Waals surface area (Å²) < 4.78 is 87.1. The normalized spacial score (nSPS) is 39.1. The number of imidazole rings is 1. The van der Waals surface area contributed by atoms with Gasteiger partial charge in [-0.1, -0.05) is 6.42 Å². The van der Waals surface area contributed by atoms with Gasteiger partial charge in [-0.2, -0.15) is 0 Å². The fraction of sp³-hybridized carbons (Fsp3) is 0.462. The molecule has 3 heterocycles. The lowest BCUT2D eigenvalue weighted by atomic mass is 10.0. The van der Waals surface area contributed by atoms with Crippen LogP contribution in [-0.2, 0) is 6.37 Å². The Morgan fingerprint density at radius 3 is 3.65 bits per heavy atom. The summed E-state index contributed by atoms with van der Waals surface area (Å²) in [5.74, 6) is -1.27. The number of hydrogen-bond donors (Lipinski definition) is 1. The molecule has 2 atom stereocenters. The highest BCUT2D eigenvalue weighted by Gasteiger charge is 2.15. The summed E-state index contributed by atoms with van der Waals surface area (Å²) in [7, 11) is 0. The average molecular weight is 242 g/mol. The molecule has 1 N–H and O–H groups in total. The lowest BCUT2D eigenvalue weighted by molar-refractivity contribution is 0.397. The number of hydrogen-bond acceptors (Lipinski definition) is 2. The molecule has 0 spiro atoms. The molecule has 4 heteroatoms. The lowest BCUT2D eigenvalue weighted by Gasteiger charge is -2.22. The van der Waals surface area contributed by atoms with Crippen LogP contribution in [0.25, 0.3) is 5.65 Å². The Kier molecular flexibility index (Phi) is 1.23. The van der Waals surface area contributed by atoms with Crippen LogP contribution >= 0.6 is 0 Å². The van der Waals surface area contributed by atoms with Crippen molar-refractivity contribution in [1.29, 1.82) is 0 Å². The van der Waals surface area contributed by atoms with Crippen LogP contribution in [0.2, 0.25) is 1.41 Å². The Morgan fingerprint density at radius 2 is 2.76 bits per heavy atom. The Bertz CT molecular complexity index is 874. The van der Waals surface area contributed by atoms with Crippen LogP contribution < -0.4 is 5.31 Å². The van der Waals surface area contributed by atoms with Gasteiger partial charge in [0.2, 0.25) is 0 Å². The Morgan fingerprint density at radius 1 is 1.82 bits per heavy atom. The molecule has 0 saturated carbocycles. The Labute approximate surface area is 112 Å². The largest absolute Gasteiger partial charge is 0.314 e. The number of fused-ring (bicyclic) bond motifs is 1. The third kappa shape index (κ3) is 2.17. The maximum Gasteiger partial charge on any atom is 0.173 e. The standard InChI is InChI=1S/C13H16FN3/c14-12-5-3-7-17-9-11(16-13(12)17)8-10-4-1-2-6-15-10/h3,5,7,9-10,15H,1-2,4,6,8H2/t10-/m0/s1/i3D,4D,5D,7D,8D2,9D,10D/hD/t4?,10-. The molecule has 2 aromatic heterocycles. The molecule has 0 aliphatic carbocycles. The van der Waals surface area contributed by atoms with E-state index in [0.29, 0.717) is 16.1 Å². The number of rotatable bonds is 2. The fourth-order valence-electron chi connectivity index (χ4n) is 1.62. The van der Waals surface area contributed by atoms with Crippen molar-refractivity contribution in [1.82, 2.24) is 14.7 Å². The summed E-state index contributed by atoms with van der Waals surface area (Å²) in [6.07, 6.45) is -4.90. The van der Waals surface area contributed by atoms with Gasteiger partial charge in [-0.05, 0) is 31.4 Å². The van der Waals surface area contributed by atoms with Gasteiger partial charge in [0.25, 0.3) is 0 Å². The molecule has 0 aromatic carbocycles. The molecule has 1 aliphatic heterocycles. The maximum absolute atomic E-state index is 14.3. The smallest absolute Gasteiger partial charge is 0.173 e. The van der Waals surface area contributed by atoms with Crippen LogP contribution in [0.15, 0.2) is 24.4 Å². The zero-order valence-electron chi connectivity index (χ0n) is 17.9. The van der Waals surface area contributed by atoms with Crippen molar-refractivity contribution in [3.8, 4) is 0 Å². The maximum atomic E-state index is 14.3. The highest BCUT2D eigenvalue weighted by molar-refractivity contribution is 5.41. The lowest BCUT2D eigenvalue weighted by Crippen LogP contribution is -2.35. The van der Waals surface area contributed by atoms with Gasteiger partial charge in [0, 0.05) is 30.2 Å². The molecule has 0 radical (unpaired) electrons. The molecule has 3 rings (SSSR count). The number of nitrogens with zero attached hydrogens (tertiary/aromatic N) is 2. The van der Waals surface area contributed by atoms with Crippen LogP contribution in [0.5, 0.6) is 0 Å². The van der Waals surface area contributed by atoms with E-state index in [2.05, 4.69) is 4.98 Å². The molecule has 0 amide bonds. The summed E-state index contributed by atoms with van der Waals surface area (Å²) in [6, 6.07) is -4.05. The fourth-order valence-corrected chi connectivity index (χ4v) is 1.62. The predicted molar refractivity (Wildman–Crippen MR) is 64.5 cm³/mol. The Hall–Kier alpha value is -1.42. The summed E-state index contributed by atoms with van der Waals surface area (Å²) >= 11 is 0. The minimum absolute atomic E-state index is 0.0604. The van der Waals surface area contributed by atoms with E-state index in [1.54, 1.807) is 0 Å². The van der Waals surface area contributed by atoms with Gasteiger partial charge >= 0.3 is 0 Å². The van der Waals surface area contributed by atoms with Gasteiger partial charge in [0.05, 0.1) is 11.2 Å². The van der Waals surface area contributed by atoms with E-state index in [1.165, 1.54) is 0 Å². The second kappa shape index (κ2) is 4.45. The van der Waals surface area contributed by atoms with E-state index >= 15 is 0 Å². The van der Waals surface area contributed by atoms with Crippen molar-refractivity contribution in [3.05, 3.63) is 35.9 Å². The van der Waals surface area contributed by atoms with E-state index in [-0.39, 0.29) is 13.0 Å². The van der Waals surface area contributed by atoms with Crippen LogP contribution in [-0.4, -0.2) is 21.9 Å². The molecule has 0 bridgehead atoms. The van der Waals surface area contributed by atoms with E-state index in [4.69, 9.17) is 12.4 Å². The third-order valence-corrected chi connectivity index (χ3v) is 2.41. The minimum Gasteiger partial charge on any atom is -0.314 e. The molecule has 90 valence electrons. The topological polar surface area (TPSA) is 29.3 Å². The molecule has 1 fully saturated rings. The molecular weight excluding hydrogens is 217 g/mol. The second-order valence-electron chi connectivity index (χ2n) is 3.65. The van der Waals surface area contributed by atoms with Gasteiger partial charge in [-0.25, -0.2) is 9.37 Å². The van der Waals surface area contributed by atoms with E-state index in [0.717, 1.165) is 0 Å². The van der Waals surface area contributed by atoms with Crippen molar-refractivity contribution < 1.29 is 16.8 Å². The van der Waals surface area contributed by atoms with Crippen LogP contribution in [0.3, 0.4) is 0 Å². The summed E-state index contributed by atoms with van der Waals surface area (Å²) in [6.45, 7) is 0.0604. The number of pyridine rings is 1. The van der Waals surface area contributed by atoms with Crippen LogP contribution in [0.1, 0.15) is 35.9 Å². The van der Waals surface area contributed by atoms with Crippen LogP contribution in [0.4, 0.5) is 4.39 Å². The number of aromatic nitrogens is 2. The van der Waals surface area contributed by atoms with Gasteiger partial charge in [0.15, 0.2) is 11.5 Å². The van der Waals surface area contributed by atoms with Gasteiger partial charge in [-0.15, -0.1) is 0 Å². The molecule has 1 unspecified atom stereocenters. The van der Waals surface area contributed by atoms with Crippen molar-refractivity contribution in [2.24, 2.45) is 0 Å². The first-order chi connectivity index (χ1) is 12.0. The first-order valence-electron chi connectivity index (χ1n) is 9.82. The quantitative estimate of drug-likeness (QED) is 0.874. The van der Waals surface area contributed by atoms with Crippen molar-refractivity contribution in [2.75, 3.05) is 6.54 Å². The molecule has 3 nitrogen and oxygen atoms in total. The highest BCUT2D eigenvalue weighted by atomic mass is 19.1. The molecular formula is C13H16FN3. The summed E-state index contributed by atoms with van der Waals surface area (Å²) in [4.78, 5) is 3.72. The highest BCUT2D eigenvalue weighted by Crippen LogP contribution is 2.14. The summed E-state index contributed by atoms with van der Waals surface area (Å²) in [5, 5.41) is 0.640. The van der Waals surface area contributed by atoms with Gasteiger partial charge in [0.1, 0.15) is 1.41 Å².